The lowest BCUT2D eigenvalue weighted by Gasteiger charge is -2.02. The number of nitrogens with zero attached hydrogens (tertiary/aromatic N) is 2. The van der Waals surface area contributed by atoms with Crippen molar-refractivity contribution in [2.24, 2.45) is 0 Å². The zero-order valence-electron chi connectivity index (χ0n) is 14.1. The maximum atomic E-state index is 12.2. The van der Waals surface area contributed by atoms with E-state index in [1.165, 1.54) is 7.11 Å². The first-order valence-corrected chi connectivity index (χ1v) is 7.58. The lowest BCUT2D eigenvalue weighted by Crippen LogP contribution is -2.11. The smallest absolute Gasteiger partial charge is 0.337 e. The van der Waals surface area contributed by atoms with Crippen molar-refractivity contribution in [1.82, 2.24) is 10.2 Å². The van der Waals surface area contributed by atoms with Crippen LogP contribution in [0.1, 0.15) is 20.7 Å². The summed E-state index contributed by atoms with van der Waals surface area (Å²) in [5.74, 6) is 0.0434. The molecule has 0 saturated heterocycles. The van der Waals surface area contributed by atoms with Crippen molar-refractivity contribution in [1.29, 1.82) is 0 Å². The molecule has 0 bridgehead atoms. The van der Waals surface area contributed by atoms with E-state index in [0.29, 0.717) is 22.4 Å². The molecule has 8 nitrogen and oxygen atoms in total. The second kappa shape index (κ2) is 7.47. The quantitative estimate of drug-likeness (QED) is 0.703. The normalized spacial score (nSPS) is 10.2. The van der Waals surface area contributed by atoms with Gasteiger partial charge in [0.05, 0.1) is 19.8 Å². The molecule has 8 heteroatoms. The Morgan fingerprint density at radius 3 is 2.19 bits per heavy atom. The summed E-state index contributed by atoms with van der Waals surface area (Å²) in [6.45, 7) is 0. The number of aromatic nitrogens is 2. The lowest BCUT2D eigenvalue weighted by molar-refractivity contribution is 0.0600. The number of carbonyl (C=O) groups excluding carboxylic acids is 2. The number of rotatable bonds is 5. The molecule has 26 heavy (non-hydrogen) atoms. The molecule has 3 rings (SSSR count). The van der Waals surface area contributed by atoms with Crippen LogP contribution in [0.15, 0.2) is 52.9 Å². The second-order valence-electron chi connectivity index (χ2n) is 5.16. The maximum Gasteiger partial charge on any atom is 0.337 e. The highest BCUT2D eigenvalue weighted by molar-refractivity contribution is 6.03. The summed E-state index contributed by atoms with van der Waals surface area (Å²) in [6.07, 6.45) is 0. The average molecular weight is 353 g/mol. The lowest BCUT2D eigenvalue weighted by atomic mass is 10.1. The number of carbonyl (C=O) groups is 2. The minimum Gasteiger partial charge on any atom is -0.497 e. The van der Waals surface area contributed by atoms with E-state index in [2.05, 4.69) is 20.3 Å². The summed E-state index contributed by atoms with van der Waals surface area (Å²) in [5, 5.41) is 10.2. The van der Waals surface area contributed by atoms with Crippen LogP contribution in [0, 0.1) is 0 Å². The van der Waals surface area contributed by atoms with Crippen molar-refractivity contribution in [3.05, 3.63) is 59.7 Å². The standard InChI is InChI=1S/C18H15N3O5/c1-24-14-9-7-11(8-10-14)15(22)19-18-21-20-16(26-18)12-3-5-13(6-4-12)17(23)25-2/h3-10H,1-2H3,(H,19,21,22). The third kappa shape index (κ3) is 3.69. The van der Waals surface area contributed by atoms with Gasteiger partial charge in [-0.2, -0.15) is 0 Å². The molecule has 3 aromatic rings. The van der Waals surface area contributed by atoms with Gasteiger partial charge in [-0.3, -0.25) is 10.1 Å². The molecule has 0 aliphatic rings. The van der Waals surface area contributed by atoms with Gasteiger partial charge in [-0.1, -0.05) is 5.10 Å². The van der Waals surface area contributed by atoms with Crippen molar-refractivity contribution in [2.45, 2.75) is 0 Å². The monoisotopic (exact) mass is 353 g/mol. The van der Waals surface area contributed by atoms with E-state index in [1.54, 1.807) is 55.6 Å². The van der Waals surface area contributed by atoms with Crippen LogP contribution >= 0.6 is 0 Å². The number of benzene rings is 2. The van der Waals surface area contributed by atoms with Crippen LogP contribution < -0.4 is 10.1 Å². The van der Waals surface area contributed by atoms with Gasteiger partial charge in [0.2, 0.25) is 5.89 Å². The summed E-state index contributed by atoms with van der Waals surface area (Å²) in [7, 11) is 2.86. The molecule has 0 aliphatic heterocycles. The SMILES string of the molecule is COC(=O)c1ccc(-c2nnc(NC(=O)c3ccc(OC)cc3)o2)cc1. The summed E-state index contributed by atoms with van der Waals surface area (Å²) in [5.41, 5.74) is 1.44. The van der Waals surface area contributed by atoms with E-state index in [9.17, 15) is 9.59 Å². The van der Waals surface area contributed by atoms with Crippen molar-refractivity contribution in [3.8, 4) is 17.2 Å². The summed E-state index contributed by atoms with van der Waals surface area (Å²) < 4.78 is 15.1. The Bertz CT molecular complexity index is 917. The highest BCUT2D eigenvalue weighted by Crippen LogP contribution is 2.21. The molecule has 1 aromatic heterocycles. The highest BCUT2D eigenvalue weighted by atomic mass is 16.5. The van der Waals surface area contributed by atoms with Crippen LogP contribution in [-0.2, 0) is 4.74 Å². The predicted molar refractivity (Wildman–Crippen MR) is 92.0 cm³/mol. The summed E-state index contributed by atoms with van der Waals surface area (Å²) in [6, 6.07) is 13.0. The fourth-order valence-electron chi connectivity index (χ4n) is 2.17. The van der Waals surface area contributed by atoms with Crippen LogP contribution in [0.3, 0.4) is 0 Å². The van der Waals surface area contributed by atoms with E-state index >= 15 is 0 Å². The number of ether oxygens (including phenoxy) is 2. The van der Waals surface area contributed by atoms with Gasteiger partial charge in [-0.25, -0.2) is 4.79 Å². The first-order valence-electron chi connectivity index (χ1n) is 7.58. The Morgan fingerprint density at radius 2 is 1.58 bits per heavy atom. The van der Waals surface area contributed by atoms with Crippen molar-refractivity contribution in [2.75, 3.05) is 19.5 Å². The molecule has 0 spiro atoms. The molecule has 0 unspecified atom stereocenters. The van der Waals surface area contributed by atoms with Crippen LogP contribution in [0.5, 0.6) is 5.75 Å². The number of esters is 1. The largest absolute Gasteiger partial charge is 0.497 e. The Hall–Kier alpha value is -3.68. The third-order valence-corrected chi connectivity index (χ3v) is 3.55. The van der Waals surface area contributed by atoms with Gasteiger partial charge in [-0.15, -0.1) is 5.10 Å². The highest BCUT2D eigenvalue weighted by Gasteiger charge is 2.13. The Morgan fingerprint density at radius 1 is 0.923 bits per heavy atom. The maximum absolute atomic E-state index is 12.2. The molecule has 1 N–H and O–H groups in total. The van der Waals surface area contributed by atoms with Gasteiger partial charge in [0, 0.05) is 11.1 Å². The first kappa shape index (κ1) is 17.2. The number of hydrogen-bond donors (Lipinski definition) is 1. The molecule has 0 atom stereocenters. The fraction of sp³-hybridized carbons (Fsp3) is 0.111. The Balaban J connectivity index is 1.71. The Kier molecular flexibility index (Phi) is 4.93. The summed E-state index contributed by atoms with van der Waals surface area (Å²) >= 11 is 0. The minimum atomic E-state index is -0.436. The minimum absolute atomic E-state index is 0.0298. The molecule has 132 valence electrons. The fourth-order valence-corrected chi connectivity index (χ4v) is 2.17. The van der Waals surface area contributed by atoms with Gasteiger partial charge in [0.1, 0.15) is 5.75 Å². The molecule has 1 amide bonds. The zero-order valence-corrected chi connectivity index (χ0v) is 14.1. The number of methoxy groups -OCH3 is 2. The summed E-state index contributed by atoms with van der Waals surface area (Å²) in [4.78, 5) is 23.6. The van der Waals surface area contributed by atoms with Crippen LogP contribution in [-0.4, -0.2) is 36.3 Å². The third-order valence-electron chi connectivity index (χ3n) is 3.55. The van der Waals surface area contributed by atoms with E-state index in [-0.39, 0.29) is 17.8 Å². The van der Waals surface area contributed by atoms with Gasteiger partial charge < -0.3 is 13.9 Å². The number of anilines is 1. The van der Waals surface area contributed by atoms with Crippen molar-refractivity contribution < 1.29 is 23.5 Å². The molecular formula is C18H15N3O5. The van der Waals surface area contributed by atoms with Gasteiger partial charge in [-0.05, 0) is 48.5 Å². The topological polar surface area (TPSA) is 104 Å². The van der Waals surface area contributed by atoms with Gasteiger partial charge in [0.15, 0.2) is 0 Å². The first-order chi connectivity index (χ1) is 12.6. The van der Waals surface area contributed by atoms with E-state index in [0.717, 1.165) is 0 Å². The van der Waals surface area contributed by atoms with Crippen LogP contribution in [0.2, 0.25) is 0 Å². The molecule has 0 radical (unpaired) electrons. The van der Waals surface area contributed by atoms with E-state index < -0.39 is 5.97 Å². The van der Waals surface area contributed by atoms with Crippen molar-refractivity contribution >= 4 is 17.9 Å². The average Bonchev–Trinajstić information content (AvgIpc) is 3.16. The number of hydrogen-bond acceptors (Lipinski definition) is 7. The Labute approximate surface area is 148 Å². The van der Waals surface area contributed by atoms with E-state index in [4.69, 9.17) is 9.15 Å². The molecular weight excluding hydrogens is 338 g/mol. The van der Waals surface area contributed by atoms with Crippen LogP contribution in [0.4, 0.5) is 6.01 Å². The van der Waals surface area contributed by atoms with Gasteiger partial charge >= 0.3 is 12.0 Å². The molecule has 2 aromatic carbocycles. The predicted octanol–water partition coefficient (Wildman–Crippen LogP) is 2.78. The molecule has 0 fully saturated rings. The second-order valence-corrected chi connectivity index (χ2v) is 5.16. The molecule has 1 heterocycles. The number of amides is 1. The van der Waals surface area contributed by atoms with E-state index in [1.807, 2.05) is 0 Å². The van der Waals surface area contributed by atoms with Crippen molar-refractivity contribution in [3.63, 3.8) is 0 Å². The molecule has 0 aliphatic carbocycles. The van der Waals surface area contributed by atoms with Crippen LogP contribution in [0.25, 0.3) is 11.5 Å². The zero-order chi connectivity index (χ0) is 18.5. The molecule has 0 saturated carbocycles. The van der Waals surface area contributed by atoms with Gasteiger partial charge in [0.25, 0.3) is 5.91 Å². The number of nitrogens with one attached hydrogen (secondary N) is 1.